The topological polar surface area (TPSA) is 87.7 Å². The zero-order valence-corrected chi connectivity index (χ0v) is 12.8. The average Bonchev–Trinajstić information content (AvgIpc) is 2.37. The van der Waals surface area contributed by atoms with E-state index in [0.717, 1.165) is 0 Å². The lowest BCUT2D eigenvalue weighted by molar-refractivity contribution is -0.141. The van der Waals surface area contributed by atoms with Crippen molar-refractivity contribution >= 4 is 17.7 Å². The van der Waals surface area contributed by atoms with Crippen molar-refractivity contribution in [2.45, 2.75) is 33.7 Å². The maximum atomic E-state index is 12.0. The molecule has 0 saturated heterocycles. The summed E-state index contributed by atoms with van der Waals surface area (Å²) in [5.74, 6) is -0.534. The van der Waals surface area contributed by atoms with Crippen LogP contribution in [0.3, 0.4) is 0 Å². The number of urea groups is 1. The molecule has 1 atom stereocenters. The predicted octanol–water partition coefficient (Wildman–Crippen LogP) is 2.71. The van der Waals surface area contributed by atoms with Gasteiger partial charge in [-0.25, -0.2) is 9.59 Å². The Labute approximate surface area is 124 Å². The van der Waals surface area contributed by atoms with Crippen LogP contribution >= 0.6 is 0 Å². The summed E-state index contributed by atoms with van der Waals surface area (Å²) in [6.07, 6.45) is 0. The molecule has 0 bridgehead atoms. The van der Waals surface area contributed by atoms with Gasteiger partial charge in [0.05, 0.1) is 12.3 Å². The number of rotatable bonds is 5. The van der Waals surface area contributed by atoms with E-state index in [1.165, 1.54) is 0 Å². The first kappa shape index (κ1) is 16.8. The lowest BCUT2D eigenvalue weighted by atomic mass is 9.87. The lowest BCUT2D eigenvalue weighted by Gasteiger charge is -2.27. The lowest BCUT2D eigenvalue weighted by Crippen LogP contribution is -2.50. The maximum Gasteiger partial charge on any atom is 0.326 e. The zero-order chi connectivity index (χ0) is 16.0. The summed E-state index contributed by atoms with van der Waals surface area (Å²) in [7, 11) is 0. The van der Waals surface area contributed by atoms with Crippen LogP contribution in [0.1, 0.15) is 27.7 Å². The van der Waals surface area contributed by atoms with E-state index in [1.807, 2.05) is 6.92 Å². The quantitative estimate of drug-likeness (QED) is 0.779. The highest BCUT2D eigenvalue weighted by atomic mass is 16.5. The molecule has 21 heavy (non-hydrogen) atoms. The number of amides is 2. The molecular weight excluding hydrogens is 272 g/mol. The third-order valence-electron chi connectivity index (χ3n) is 2.82. The number of carbonyl (C=O) groups is 2. The highest BCUT2D eigenvalue weighted by Gasteiger charge is 2.32. The number of benzene rings is 1. The first-order valence-electron chi connectivity index (χ1n) is 6.78. The Kier molecular flexibility index (Phi) is 5.58. The Morgan fingerprint density at radius 2 is 1.90 bits per heavy atom. The maximum absolute atomic E-state index is 12.0. The number of carbonyl (C=O) groups excluding carboxylic acids is 1. The monoisotopic (exact) mass is 294 g/mol. The second-order valence-corrected chi connectivity index (χ2v) is 5.66. The minimum Gasteiger partial charge on any atom is -0.492 e. The standard InChI is InChI=1S/C15H22N2O4/c1-5-21-11-9-7-6-8-10(11)16-14(20)17-12(13(18)19)15(2,3)4/h6-9,12H,5H2,1-4H3,(H,18,19)(H2,16,17,20)/t12-/m0/s1. The molecule has 116 valence electrons. The van der Waals surface area contributed by atoms with Gasteiger partial charge < -0.3 is 20.5 Å². The van der Waals surface area contributed by atoms with Crippen molar-refractivity contribution in [3.63, 3.8) is 0 Å². The molecule has 0 radical (unpaired) electrons. The molecule has 0 saturated carbocycles. The Morgan fingerprint density at radius 3 is 2.43 bits per heavy atom. The van der Waals surface area contributed by atoms with E-state index >= 15 is 0 Å². The van der Waals surface area contributed by atoms with Gasteiger partial charge in [0, 0.05) is 0 Å². The van der Waals surface area contributed by atoms with Gasteiger partial charge in [-0.2, -0.15) is 0 Å². The van der Waals surface area contributed by atoms with Gasteiger partial charge in [-0.3, -0.25) is 0 Å². The van der Waals surface area contributed by atoms with Crippen LogP contribution in [0.5, 0.6) is 5.75 Å². The van der Waals surface area contributed by atoms with E-state index in [2.05, 4.69) is 10.6 Å². The van der Waals surface area contributed by atoms with E-state index in [4.69, 9.17) is 4.74 Å². The fourth-order valence-electron chi connectivity index (χ4n) is 1.79. The minimum atomic E-state index is -1.07. The molecule has 0 unspecified atom stereocenters. The molecule has 0 spiro atoms. The molecule has 0 aliphatic rings. The van der Waals surface area contributed by atoms with Crippen molar-refractivity contribution in [3.8, 4) is 5.75 Å². The van der Waals surface area contributed by atoms with E-state index in [9.17, 15) is 14.7 Å². The molecule has 6 heteroatoms. The molecule has 0 fully saturated rings. The van der Waals surface area contributed by atoms with E-state index in [-0.39, 0.29) is 0 Å². The van der Waals surface area contributed by atoms with Gasteiger partial charge in [0.1, 0.15) is 11.8 Å². The number of carboxylic acids is 1. The molecule has 6 nitrogen and oxygen atoms in total. The van der Waals surface area contributed by atoms with Crippen LogP contribution in [0.4, 0.5) is 10.5 Å². The van der Waals surface area contributed by atoms with Gasteiger partial charge >= 0.3 is 12.0 Å². The summed E-state index contributed by atoms with van der Waals surface area (Å²) in [4.78, 5) is 23.2. The molecule has 3 N–H and O–H groups in total. The van der Waals surface area contributed by atoms with Crippen molar-refractivity contribution in [2.24, 2.45) is 5.41 Å². The van der Waals surface area contributed by atoms with Crippen LogP contribution < -0.4 is 15.4 Å². The molecule has 1 rings (SSSR count). The fraction of sp³-hybridized carbons (Fsp3) is 0.467. The van der Waals surface area contributed by atoms with Crippen molar-refractivity contribution in [1.29, 1.82) is 0 Å². The highest BCUT2D eigenvalue weighted by Crippen LogP contribution is 2.24. The van der Waals surface area contributed by atoms with Gasteiger partial charge in [-0.05, 0) is 24.5 Å². The number of hydrogen-bond acceptors (Lipinski definition) is 3. The van der Waals surface area contributed by atoms with E-state index in [1.54, 1.807) is 45.0 Å². The fourth-order valence-corrected chi connectivity index (χ4v) is 1.79. The van der Waals surface area contributed by atoms with Crippen LogP contribution in [-0.4, -0.2) is 29.8 Å². The smallest absolute Gasteiger partial charge is 0.326 e. The number of anilines is 1. The number of carboxylic acid groups (broad SMARTS) is 1. The van der Waals surface area contributed by atoms with Crippen LogP contribution in [0, 0.1) is 5.41 Å². The van der Waals surface area contributed by atoms with Gasteiger partial charge in [-0.1, -0.05) is 32.9 Å². The van der Waals surface area contributed by atoms with Gasteiger partial charge in [-0.15, -0.1) is 0 Å². The zero-order valence-electron chi connectivity index (χ0n) is 12.8. The van der Waals surface area contributed by atoms with Gasteiger partial charge in [0.2, 0.25) is 0 Å². The van der Waals surface area contributed by atoms with Crippen LogP contribution in [0.15, 0.2) is 24.3 Å². The number of para-hydroxylation sites is 2. The second-order valence-electron chi connectivity index (χ2n) is 5.66. The largest absolute Gasteiger partial charge is 0.492 e. The van der Waals surface area contributed by atoms with Crippen LogP contribution in [0.25, 0.3) is 0 Å². The molecule has 0 aliphatic carbocycles. The van der Waals surface area contributed by atoms with Crippen LogP contribution in [-0.2, 0) is 4.79 Å². The molecule has 2 amide bonds. The van der Waals surface area contributed by atoms with E-state index < -0.39 is 23.5 Å². The van der Waals surface area contributed by atoms with Crippen molar-refractivity contribution in [1.82, 2.24) is 5.32 Å². The third kappa shape index (κ3) is 4.98. The number of aliphatic carboxylic acids is 1. The summed E-state index contributed by atoms with van der Waals surface area (Å²) >= 11 is 0. The highest BCUT2D eigenvalue weighted by molar-refractivity contribution is 5.93. The van der Waals surface area contributed by atoms with Gasteiger partial charge in [0.25, 0.3) is 0 Å². The van der Waals surface area contributed by atoms with E-state index in [0.29, 0.717) is 18.0 Å². The first-order valence-corrected chi connectivity index (χ1v) is 6.78. The van der Waals surface area contributed by atoms with Crippen molar-refractivity contribution in [2.75, 3.05) is 11.9 Å². The molecule has 1 aromatic rings. The first-order chi connectivity index (χ1) is 9.75. The SMILES string of the molecule is CCOc1ccccc1NC(=O)N[C@@H](C(=O)O)C(C)(C)C. The molecule has 0 heterocycles. The predicted molar refractivity (Wildman–Crippen MR) is 80.6 cm³/mol. The third-order valence-corrected chi connectivity index (χ3v) is 2.82. The summed E-state index contributed by atoms with van der Waals surface area (Å²) in [6.45, 7) is 7.57. The number of ether oxygens (including phenoxy) is 1. The minimum absolute atomic E-state index is 0.472. The van der Waals surface area contributed by atoms with Gasteiger partial charge in [0.15, 0.2) is 0 Å². The average molecular weight is 294 g/mol. The molecule has 1 aromatic carbocycles. The number of nitrogens with one attached hydrogen (secondary N) is 2. The summed E-state index contributed by atoms with van der Waals surface area (Å²) in [5, 5.41) is 14.3. The normalized spacial score (nSPS) is 12.4. The summed E-state index contributed by atoms with van der Waals surface area (Å²) in [6, 6.07) is 5.41. The Bertz CT molecular complexity index is 509. The molecule has 0 aliphatic heterocycles. The van der Waals surface area contributed by atoms with Crippen LogP contribution in [0.2, 0.25) is 0 Å². The molecule has 0 aromatic heterocycles. The van der Waals surface area contributed by atoms with Crippen molar-refractivity contribution < 1.29 is 19.4 Å². The summed E-state index contributed by atoms with van der Waals surface area (Å²) < 4.78 is 5.40. The van der Waals surface area contributed by atoms with Crippen molar-refractivity contribution in [3.05, 3.63) is 24.3 Å². The Balaban J connectivity index is 2.80. The Morgan fingerprint density at radius 1 is 1.29 bits per heavy atom. The Hall–Kier alpha value is -2.24. The number of hydrogen-bond donors (Lipinski definition) is 3. The summed E-state index contributed by atoms with van der Waals surface area (Å²) in [5.41, 5.74) is -0.0994. The molecular formula is C15H22N2O4. The second kappa shape index (κ2) is 6.97.